The first-order valence-electron chi connectivity index (χ1n) is 14.8. The van der Waals surface area contributed by atoms with Crippen LogP contribution >= 0.6 is 0 Å². The average Bonchev–Trinajstić information content (AvgIpc) is 3.11. The number of nitrogens with zero attached hydrogens (tertiary/aromatic N) is 3. The van der Waals surface area contributed by atoms with Gasteiger partial charge in [0, 0.05) is 17.2 Å². The van der Waals surface area contributed by atoms with Gasteiger partial charge in [0.25, 0.3) is 0 Å². The van der Waals surface area contributed by atoms with Gasteiger partial charge in [-0.3, -0.25) is 0 Å². The van der Waals surface area contributed by atoms with Crippen molar-refractivity contribution in [2.24, 2.45) is 0 Å². The van der Waals surface area contributed by atoms with Crippen molar-refractivity contribution < 1.29 is 24.5 Å². The third kappa shape index (κ3) is 6.93. The molecule has 0 aliphatic rings. The number of aliphatic hydroxyl groups excluding tert-OH is 1. The van der Waals surface area contributed by atoms with Crippen LogP contribution in [0.2, 0.25) is 0 Å². The maximum atomic E-state index is 12.1. The fourth-order valence-electron chi connectivity index (χ4n) is 4.93. The van der Waals surface area contributed by atoms with Crippen LogP contribution in [-0.4, -0.2) is 50.5 Å². The number of aliphatic hydroxyl groups is 1. The van der Waals surface area contributed by atoms with Crippen molar-refractivity contribution >= 4 is 5.97 Å². The molecule has 1 heterocycles. The first-order chi connectivity index (χ1) is 22.5. The SMILES string of the molecule is CC(Oc1ccc(-c2nc(-c3ccc(-c4ccccc4)cc3)nc(-c3ccc(-c4ccccc4)cc3)n2)c(O)c1)C(=O)OCCO. The molecule has 0 saturated carbocycles. The first kappa shape index (κ1) is 30.2. The molecule has 6 aromatic rings. The maximum absolute atomic E-state index is 12.1. The number of ether oxygens (including phenoxy) is 2. The van der Waals surface area contributed by atoms with Crippen LogP contribution in [-0.2, 0) is 9.53 Å². The molecule has 8 nitrogen and oxygen atoms in total. The molecule has 1 atom stereocenters. The first-order valence-corrected chi connectivity index (χ1v) is 14.8. The summed E-state index contributed by atoms with van der Waals surface area (Å²) in [6.45, 7) is 1.13. The molecule has 228 valence electrons. The summed E-state index contributed by atoms with van der Waals surface area (Å²) in [5, 5.41) is 20.0. The molecule has 0 radical (unpaired) electrons. The molecule has 0 amide bonds. The molecule has 1 aromatic heterocycles. The number of benzene rings is 5. The molecule has 5 aromatic carbocycles. The molecule has 0 saturated heterocycles. The van der Waals surface area contributed by atoms with Crippen molar-refractivity contribution in [1.82, 2.24) is 15.0 Å². The summed E-state index contributed by atoms with van der Waals surface area (Å²) in [5.41, 5.74) is 6.30. The molecule has 0 aliphatic heterocycles. The number of aromatic nitrogens is 3. The third-order valence-corrected chi connectivity index (χ3v) is 7.33. The Morgan fingerprint density at radius 2 is 1.09 bits per heavy atom. The number of phenols is 1. The number of carbonyl (C=O) groups excluding carboxylic acids is 1. The number of phenolic OH excluding ortho intramolecular Hbond substituents is 1. The molecule has 0 aliphatic carbocycles. The van der Waals surface area contributed by atoms with Gasteiger partial charge in [0.1, 0.15) is 18.1 Å². The number of esters is 1. The largest absolute Gasteiger partial charge is 0.507 e. The van der Waals surface area contributed by atoms with Crippen LogP contribution < -0.4 is 4.74 Å². The predicted octanol–water partition coefficient (Wildman–Crippen LogP) is 7.22. The zero-order valence-electron chi connectivity index (χ0n) is 25.1. The van der Waals surface area contributed by atoms with E-state index in [-0.39, 0.29) is 30.5 Å². The van der Waals surface area contributed by atoms with E-state index < -0.39 is 12.1 Å². The van der Waals surface area contributed by atoms with Crippen LogP contribution in [0.15, 0.2) is 127 Å². The van der Waals surface area contributed by atoms with Crippen LogP contribution in [0.25, 0.3) is 56.4 Å². The predicted molar refractivity (Wildman–Crippen MR) is 177 cm³/mol. The van der Waals surface area contributed by atoms with Crippen molar-refractivity contribution in [2.75, 3.05) is 13.2 Å². The highest BCUT2D eigenvalue weighted by Gasteiger charge is 2.19. The van der Waals surface area contributed by atoms with E-state index in [1.807, 2.05) is 84.9 Å². The molecule has 0 bridgehead atoms. The number of aromatic hydroxyl groups is 1. The minimum Gasteiger partial charge on any atom is -0.507 e. The van der Waals surface area contributed by atoms with E-state index in [2.05, 4.69) is 24.3 Å². The van der Waals surface area contributed by atoms with Gasteiger partial charge in [0.2, 0.25) is 0 Å². The number of hydrogen-bond donors (Lipinski definition) is 2. The molecule has 1 unspecified atom stereocenters. The fourth-order valence-corrected chi connectivity index (χ4v) is 4.93. The monoisotopic (exact) mass is 609 g/mol. The Bertz CT molecular complexity index is 1830. The van der Waals surface area contributed by atoms with Gasteiger partial charge in [0.15, 0.2) is 23.6 Å². The quantitative estimate of drug-likeness (QED) is 0.157. The van der Waals surface area contributed by atoms with E-state index in [0.29, 0.717) is 17.2 Å². The Balaban J connectivity index is 1.36. The van der Waals surface area contributed by atoms with Crippen LogP contribution in [0.1, 0.15) is 6.92 Å². The van der Waals surface area contributed by atoms with Crippen molar-refractivity contribution in [3.05, 3.63) is 127 Å². The number of rotatable bonds is 10. The van der Waals surface area contributed by atoms with Crippen molar-refractivity contribution in [3.63, 3.8) is 0 Å². The topological polar surface area (TPSA) is 115 Å². The molecular weight excluding hydrogens is 578 g/mol. The van der Waals surface area contributed by atoms with Crippen molar-refractivity contribution in [1.29, 1.82) is 0 Å². The highest BCUT2D eigenvalue weighted by atomic mass is 16.6. The van der Waals surface area contributed by atoms with Crippen LogP contribution in [0.3, 0.4) is 0 Å². The van der Waals surface area contributed by atoms with E-state index in [1.165, 1.54) is 13.0 Å². The number of carbonyl (C=O) groups is 1. The van der Waals surface area contributed by atoms with Crippen LogP contribution in [0, 0.1) is 0 Å². The Morgan fingerprint density at radius 3 is 1.57 bits per heavy atom. The van der Waals surface area contributed by atoms with Gasteiger partial charge in [-0.1, -0.05) is 109 Å². The summed E-state index contributed by atoms with van der Waals surface area (Å²) in [6, 6.07) is 40.9. The second kappa shape index (κ2) is 13.8. The highest BCUT2D eigenvalue weighted by Crippen LogP contribution is 2.34. The van der Waals surface area contributed by atoms with Gasteiger partial charge in [-0.2, -0.15) is 0 Å². The van der Waals surface area contributed by atoms with Gasteiger partial charge >= 0.3 is 5.97 Å². The minimum absolute atomic E-state index is 0.120. The third-order valence-electron chi connectivity index (χ3n) is 7.33. The van der Waals surface area contributed by atoms with Gasteiger partial charge < -0.3 is 19.7 Å². The minimum atomic E-state index is -0.940. The van der Waals surface area contributed by atoms with Crippen LogP contribution in [0.5, 0.6) is 11.5 Å². The normalized spacial score (nSPS) is 11.5. The second-order valence-corrected chi connectivity index (χ2v) is 10.5. The molecule has 2 N–H and O–H groups in total. The van der Waals surface area contributed by atoms with Gasteiger partial charge in [-0.25, -0.2) is 19.7 Å². The summed E-state index contributed by atoms with van der Waals surface area (Å²) in [7, 11) is 0. The molecule has 6 rings (SSSR count). The molecule has 8 heteroatoms. The summed E-state index contributed by atoms with van der Waals surface area (Å²) >= 11 is 0. The zero-order chi connectivity index (χ0) is 31.9. The summed E-state index contributed by atoms with van der Waals surface area (Å²) in [5.74, 6) is 0.686. The van der Waals surface area contributed by atoms with E-state index >= 15 is 0 Å². The van der Waals surface area contributed by atoms with Crippen LogP contribution in [0.4, 0.5) is 0 Å². The summed E-state index contributed by atoms with van der Waals surface area (Å²) < 4.78 is 10.6. The van der Waals surface area contributed by atoms with E-state index in [9.17, 15) is 9.90 Å². The molecule has 0 fully saturated rings. The van der Waals surface area contributed by atoms with Gasteiger partial charge in [-0.15, -0.1) is 0 Å². The zero-order valence-corrected chi connectivity index (χ0v) is 25.1. The lowest BCUT2D eigenvalue weighted by molar-refractivity contribution is -0.152. The highest BCUT2D eigenvalue weighted by molar-refractivity contribution is 5.76. The number of hydrogen-bond acceptors (Lipinski definition) is 8. The maximum Gasteiger partial charge on any atom is 0.347 e. The van der Waals surface area contributed by atoms with Crippen molar-refractivity contribution in [3.8, 4) is 67.9 Å². The lowest BCUT2D eigenvalue weighted by Crippen LogP contribution is -2.27. The lowest BCUT2D eigenvalue weighted by atomic mass is 10.0. The summed E-state index contributed by atoms with van der Waals surface area (Å²) in [6.07, 6.45) is -0.940. The Kier molecular flexibility index (Phi) is 9.08. The smallest absolute Gasteiger partial charge is 0.347 e. The lowest BCUT2D eigenvalue weighted by Gasteiger charge is -2.15. The Labute approximate surface area is 266 Å². The second-order valence-electron chi connectivity index (χ2n) is 10.5. The van der Waals surface area contributed by atoms with Crippen molar-refractivity contribution in [2.45, 2.75) is 13.0 Å². The van der Waals surface area contributed by atoms with E-state index in [4.69, 9.17) is 29.5 Å². The summed E-state index contributed by atoms with van der Waals surface area (Å²) in [4.78, 5) is 26.4. The molecule has 0 spiro atoms. The van der Waals surface area contributed by atoms with E-state index in [0.717, 1.165) is 33.4 Å². The fraction of sp³-hybridized carbons (Fsp3) is 0.105. The molecular formula is C38H31N3O5. The van der Waals surface area contributed by atoms with Gasteiger partial charge in [0.05, 0.1) is 12.2 Å². The van der Waals surface area contributed by atoms with Gasteiger partial charge in [-0.05, 0) is 41.3 Å². The average molecular weight is 610 g/mol. The standard InChI is InChI=1S/C38H31N3O5/c1-25(38(44)45-23-22-42)46-32-20-21-33(34(43)24-32)37-40-35(30-16-12-28(13-17-30)26-8-4-2-5-9-26)39-36(41-37)31-18-14-29(15-19-31)27-10-6-3-7-11-27/h2-21,24-25,42-43H,22-23H2,1H3. The van der Waals surface area contributed by atoms with E-state index in [1.54, 1.807) is 12.1 Å². The molecule has 46 heavy (non-hydrogen) atoms. The Hall–Kier alpha value is -5.86. The Morgan fingerprint density at radius 1 is 0.630 bits per heavy atom.